The molecule has 104 valence electrons. The molecule has 2 aromatic rings. The minimum Gasteiger partial charge on any atom is -0.478 e. The van der Waals surface area contributed by atoms with Crippen LogP contribution in [0.3, 0.4) is 0 Å². The van der Waals surface area contributed by atoms with E-state index in [2.05, 4.69) is 36.5 Å². The number of likely N-dealkylation sites (N-methyl/N-ethyl adjacent to an activating group) is 1. The highest BCUT2D eigenvalue weighted by Gasteiger charge is 2.04. The van der Waals surface area contributed by atoms with Gasteiger partial charge in [-0.05, 0) is 49.2 Å². The van der Waals surface area contributed by atoms with Gasteiger partial charge in [-0.25, -0.2) is 4.79 Å². The Hall–Kier alpha value is -2.13. The molecule has 0 fully saturated rings. The second-order valence-corrected chi connectivity index (χ2v) is 4.97. The first-order valence-electron chi connectivity index (χ1n) is 6.70. The topological polar surface area (TPSA) is 49.3 Å². The smallest absolute Gasteiger partial charge is 0.335 e. The van der Waals surface area contributed by atoms with Crippen LogP contribution in [0, 0.1) is 0 Å². The van der Waals surface area contributed by atoms with Crippen LogP contribution in [-0.4, -0.2) is 24.2 Å². The van der Waals surface area contributed by atoms with E-state index in [1.54, 1.807) is 12.1 Å². The average molecular weight is 269 g/mol. The van der Waals surface area contributed by atoms with E-state index >= 15 is 0 Å². The maximum absolute atomic E-state index is 10.8. The Morgan fingerprint density at radius 1 is 1.05 bits per heavy atom. The van der Waals surface area contributed by atoms with Crippen LogP contribution in [0.15, 0.2) is 48.5 Å². The Morgan fingerprint density at radius 2 is 1.55 bits per heavy atom. The fourth-order valence-electron chi connectivity index (χ4n) is 2.09. The van der Waals surface area contributed by atoms with Crippen molar-refractivity contribution in [1.82, 2.24) is 5.32 Å². The molecule has 0 saturated carbocycles. The Bertz CT molecular complexity index is 573. The number of hydrogen-bond donors (Lipinski definition) is 2. The van der Waals surface area contributed by atoms with Gasteiger partial charge in [0.25, 0.3) is 0 Å². The van der Waals surface area contributed by atoms with Crippen LogP contribution in [0.4, 0.5) is 0 Å². The van der Waals surface area contributed by atoms with Gasteiger partial charge in [-0.2, -0.15) is 0 Å². The normalized spacial score (nSPS) is 12.1. The van der Waals surface area contributed by atoms with Crippen LogP contribution >= 0.6 is 0 Å². The van der Waals surface area contributed by atoms with E-state index in [9.17, 15) is 4.79 Å². The van der Waals surface area contributed by atoms with Gasteiger partial charge < -0.3 is 10.4 Å². The third-order valence-corrected chi connectivity index (χ3v) is 3.45. The van der Waals surface area contributed by atoms with Crippen LogP contribution in [0.25, 0.3) is 11.1 Å². The van der Waals surface area contributed by atoms with Crippen molar-refractivity contribution in [2.75, 3.05) is 7.05 Å². The summed E-state index contributed by atoms with van der Waals surface area (Å²) in [5, 5.41) is 12.1. The number of carboxylic acids is 1. The van der Waals surface area contributed by atoms with E-state index in [-0.39, 0.29) is 0 Å². The molecule has 0 aliphatic heterocycles. The summed E-state index contributed by atoms with van der Waals surface area (Å²) in [6.07, 6.45) is 0.995. The van der Waals surface area contributed by atoms with Crippen LogP contribution in [-0.2, 0) is 6.42 Å². The largest absolute Gasteiger partial charge is 0.478 e. The highest BCUT2D eigenvalue weighted by Crippen LogP contribution is 2.20. The number of nitrogens with one attached hydrogen (secondary N) is 1. The first-order valence-corrected chi connectivity index (χ1v) is 6.70. The molecule has 0 amide bonds. The predicted molar refractivity (Wildman–Crippen MR) is 81.1 cm³/mol. The zero-order valence-electron chi connectivity index (χ0n) is 11.8. The van der Waals surface area contributed by atoms with Gasteiger partial charge in [0.05, 0.1) is 5.56 Å². The molecule has 20 heavy (non-hydrogen) atoms. The SMILES string of the molecule is CNC(C)Cc1ccc(-c2ccc(C(=O)O)cc2)cc1. The van der Waals surface area contributed by atoms with Gasteiger partial charge in [-0.3, -0.25) is 0 Å². The highest BCUT2D eigenvalue weighted by atomic mass is 16.4. The fraction of sp³-hybridized carbons (Fsp3) is 0.235. The molecule has 0 aliphatic rings. The van der Waals surface area contributed by atoms with E-state index in [0.717, 1.165) is 17.5 Å². The molecule has 2 rings (SSSR count). The van der Waals surface area contributed by atoms with E-state index < -0.39 is 5.97 Å². The van der Waals surface area contributed by atoms with E-state index in [1.807, 2.05) is 19.2 Å². The molecule has 1 unspecified atom stereocenters. The van der Waals surface area contributed by atoms with Gasteiger partial charge in [-0.15, -0.1) is 0 Å². The minimum absolute atomic E-state index is 0.313. The molecule has 0 aliphatic carbocycles. The summed E-state index contributed by atoms with van der Waals surface area (Å²) >= 11 is 0. The lowest BCUT2D eigenvalue weighted by atomic mass is 10.0. The molecule has 0 heterocycles. The molecule has 3 nitrogen and oxygen atoms in total. The van der Waals surface area contributed by atoms with Crippen molar-refractivity contribution in [3.8, 4) is 11.1 Å². The summed E-state index contributed by atoms with van der Waals surface area (Å²) in [4.78, 5) is 10.8. The lowest BCUT2D eigenvalue weighted by Crippen LogP contribution is -2.23. The van der Waals surface area contributed by atoms with Crippen molar-refractivity contribution in [1.29, 1.82) is 0 Å². The maximum Gasteiger partial charge on any atom is 0.335 e. The van der Waals surface area contributed by atoms with Crippen molar-refractivity contribution in [3.63, 3.8) is 0 Å². The van der Waals surface area contributed by atoms with Gasteiger partial charge in [0.1, 0.15) is 0 Å². The second-order valence-electron chi connectivity index (χ2n) is 4.97. The fourth-order valence-corrected chi connectivity index (χ4v) is 2.09. The maximum atomic E-state index is 10.8. The Balaban J connectivity index is 2.15. The number of rotatable bonds is 5. The summed E-state index contributed by atoms with van der Waals surface area (Å²) in [6, 6.07) is 15.8. The standard InChI is InChI=1S/C17H19NO2/c1-12(18-2)11-13-3-5-14(6-4-13)15-7-9-16(10-8-15)17(19)20/h3-10,12,18H,11H2,1-2H3,(H,19,20). The van der Waals surface area contributed by atoms with Gasteiger partial charge >= 0.3 is 5.97 Å². The lowest BCUT2D eigenvalue weighted by Gasteiger charge is -2.10. The first kappa shape index (κ1) is 14.3. The number of hydrogen-bond acceptors (Lipinski definition) is 2. The van der Waals surface area contributed by atoms with Crippen molar-refractivity contribution in [2.24, 2.45) is 0 Å². The molecule has 3 heteroatoms. The number of aromatic carboxylic acids is 1. The van der Waals surface area contributed by atoms with Gasteiger partial charge in [-0.1, -0.05) is 36.4 Å². The predicted octanol–water partition coefficient (Wildman–Crippen LogP) is 3.20. The molecule has 0 spiro atoms. The van der Waals surface area contributed by atoms with Crippen molar-refractivity contribution >= 4 is 5.97 Å². The highest BCUT2D eigenvalue weighted by molar-refractivity contribution is 5.88. The summed E-state index contributed by atoms with van der Waals surface area (Å²) in [5.41, 5.74) is 3.73. The Morgan fingerprint density at radius 3 is 2.00 bits per heavy atom. The number of carboxylic acid groups (broad SMARTS) is 1. The van der Waals surface area contributed by atoms with Crippen molar-refractivity contribution in [3.05, 3.63) is 59.7 Å². The molecule has 0 radical (unpaired) electrons. The molecule has 2 N–H and O–H groups in total. The lowest BCUT2D eigenvalue weighted by molar-refractivity contribution is 0.0697. The molecule has 0 aromatic heterocycles. The van der Waals surface area contributed by atoms with Crippen molar-refractivity contribution in [2.45, 2.75) is 19.4 Å². The van der Waals surface area contributed by atoms with Crippen LogP contribution < -0.4 is 5.32 Å². The van der Waals surface area contributed by atoms with E-state index in [1.165, 1.54) is 5.56 Å². The van der Waals surface area contributed by atoms with Gasteiger partial charge in [0.2, 0.25) is 0 Å². The number of carbonyl (C=O) groups is 1. The molecule has 1 atom stereocenters. The van der Waals surface area contributed by atoms with Crippen molar-refractivity contribution < 1.29 is 9.90 Å². The number of benzene rings is 2. The third kappa shape index (κ3) is 3.45. The molecule has 0 saturated heterocycles. The van der Waals surface area contributed by atoms with E-state index in [0.29, 0.717) is 11.6 Å². The zero-order chi connectivity index (χ0) is 14.5. The first-order chi connectivity index (χ1) is 9.60. The van der Waals surface area contributed by atoms with E-state index in [4.69, 9.17) is 5.11 Å². The monoisotopic (exact) mass is 269 g/mol. The Labute approximate surface area is 119 Å². The third-order valence-electron chi connectivity index (χ3n) is 3.45. The quantitative estimate of drug-likeness (QED) is 0.876. The van der Waals surface area contributed by atoms with Crippen LogP contribution in [0.1, 0.15) is 22.8 Å². The summed E-state index contributed by atoms with van der Waals surface area (Å²) < 4.78 is 0. The zero-order valence-corrected chi connectivity index (χ0v) is 11.8. The summed E-state index contributed by atoms with van der Waals surface area (Å²) in [5.74, 6) is -0.895. The van der Waals surface area contributed by atoms with Crippen LogP contribution in [0.2, 0.25) is 0 Å². The Kier molecular flexibility index (Phi) is 4.53. The average Bonchev–Trinajstić information content (AvgIpc) is 2.48. The summed E-state index contributed by atoms with van der Waals surface area (Å²) in [7, 11) is 1.96. The molecule has 0 bridgehead atoms. The van der Waals surface area contributed by atoms with Crippen LogP contribution in [0.5, 0.6) is 0 Å². The summed E-state index contributed by atoms with van der Waals surface area (Å²) in [6.45, 7) is 2.15. The van der Waals surface area contributed by atoms with Gasteiger partial charge in [0.15, 0.2) is 0 Å². The van der Waals surface area contributed by atoms with Gasteiger partial charge in [0, 0.05) is 6.04 Å². The molecular formula is C17H19NO2. The minimum atomic E-state index is -0.895. The second kappa shape index (κ2) is 6.35. The molecular weight excluding hydrogens is 250 g/mol. The molecule has 2 aromatic carbocycles.